The maximum atomic E-state index is 14.2. The second-order valence-corrected chi connectivity index (χ2v) is 14.5. The highest BCUT2D eigenvalue weighted by molar-refractivity contribution is 5.91. The smallest absolute Gasteiger partial charge is 0.147 e. The molecule has 0 aromatic carbocycles. The summed E-state index contributed by atoms with van der Waals surface area (Å²) in [6.45, 7) is 16.4. The van der Waals surface area contributed by atoms with Gasteiger partial charge in [-0.05, 0) is 91.8 Å². The minimum Gasteiger partial charge on any atom is -0.396 e. The van der Waals surface area contributed by atoms with Gasteiger partial charge in [-0.3, -0.25) is 4.79 Å². The van der Waals surface area contributed by atoms with Gasteiger partial charge < -0.3 is 20.1 Å². The highest BCUT2D eigenvalue weighted by Gasteiger charge is 2.79. The van der Waals surface area contributed by atoms with Crippen LogP contribution in [0.4, 0.5) is 0 Å². The number of hydrogen-bond acceptors (Lipinski definition) is 5. The highest BCUT2D eigenvalue weighted by Crippen LogP contribution is 2.70. The fourth-order valence-electron chi connectivity index (χ4n) is 10.1. The van der Waals surface area contributed by atoms with Gasteiger partial charge in [0.1, 0.15) is 17.5 Å². The molecule has 5 aliphatic rings. The molecule has 4 aliphatic carbocycles. The van der Waals surface area contributed by atoms with Crippen LogP contribution < -0.4 is 0 Å². The molecule has 13 atom stereocenters. The zero-order valence-electron chi connectivity index (χ0n) is 23.1. The summed E-state index contributed by atoms with van der Waals surface area (Å²) >= 11 is 0. The van der Waals surface area contributed by atoms with E-state index in [1.54, 1.807) is 0 Å². The molecule has 3 N–H and O–H groups in total. The van der Waals surface area contributed by atoms with Crippen molar-refractivity contribution in [2.24, 2.45) is 57.7 Å². The summed E-state index contributed by atoms with van der Waals surface area (Å²) in [4.78, 5) is 14.2. The van der Waals surface area contributed by atoms with E-state index < -0.39 is 29.1 Å². The van der Waals surface area contributed by atoms with Crippen molar-refractivity contribution in [3.05, 3.63) is 0 Å². The number of carbonyl (C=O) groups excluding carboxylic acids is 1. The number of aliphatic hydroxyl groups is 3. The molecule has 1 saturated heterocycles. The van der Waals surface area contributed by atoms with Crippen molar-refractivity contribution < 1.29 is 24.9 Å². The van der Waals surface area contributed by atoms with Gasteiger partial charge in [0.25, 0.3) is 0 Å². The maximum Gasteiger partial charge on any atom is 0.147 e. The molecule has 200 valence electrons. The van der Waals surface area contributed by atoms with Gasteiger partial charge in [0.05, 0.1) is 23.5 Å². The molecule has 0 radical (unpaired) electrons. The molecule has 0 aromatic heterocycles. The van der Waals surface area contributed by atoms with Crippen molar-refractivity contribution in [1.82, 2.24) is 0 Å². The van der Waals surface area contributed by atoms with Crippen LogP contribution in [0.3, 0.4) is 0 Å². The molecule has 0 bridgehead atoms. The molecule has 4 saturated carbocycles. The third-order valence-corrected chi connectivity index (χ3v) is 12.9. The molecule has 5 fully saturated rings. The fourth-order valence-corrected chi connectivity index (χ4v) is 10.1. The molecule has 0 amide bonds. The van der Waals surface area contributed by atoms with Crippen LogP contribution in [-0.4, -0.2) is 51.6 Å². The Kier molecular flexibility index (Phi) is 6.16. The Labute approximate surface area is 212 Å². The first-order chi connectivity index (χ1) is 16.3. The number of Topliss-reactive ketones (excluding diaryl/α,β-unsaturated/α-hetero) is 1. The number of carbonyl (C=O) groups is 1. The molecular weight excluding hydrogens is 440 g/mol. The van der Waals surface area contributed by atoms with Crippen molar-refractivity contribution >= 4 is 5.78 Å². The molecule has 0 aromatic rings. The van der Waals surface area contributed by atoms with Crippen LogP contribution in [0, 0.1) is 57.7 Å². The lowest BCUT2D eigenvalue weighted by Crippen LogP contribution is -2.62. The van der Waals surface area contributed by atoms with Crippen molar-refractivity contribution in [1.29, 1.82) is 0 Å². The molecule has 1 heterocycles. The van der Waals surface area contributed by atoms with E-state index >= 15 is 0 Å². The third-order valence-electron chi connectivity index (χ3n) is 12.9. The van der Waals surface area contributed by atoms with E-state index in [0.29, 0.717) is 60.7 Å². The fraction of sp³-hybridized carbons (Fsp3) is 0.967. The van der Waals surface area contributed by atoms with Crippen molar-refractivity contribution in [3.63, 3.8) is 0 Å². The minimum atomic E-state index is -0.815. The summed E-state index contributed by atoms with van der Waals surface area (Å²) in [7, 11) is 0. The Morgan fingerprint density at radius 1 is 1.00 bits per heavy atom. The van der Waals surface area contributed by atoms with Gasteiger partial charge in [0, 0.05) is 13.0 Å². The normalized spacial score (nSPS) is 54.8. The lowest BCUT2D eigenvalue weighted by Gasteiger charge is -2.50. The molecule has 5 nitrogen and oxygen atoms in total. The van der Waals surface area contributed by atoms with Crippen molar-refractivity contribution in [3.8, 4) is 0 Å². The molecule has 5 heteroatoms. The maximum absolute atomic E-state index is 14.2. The SMILES string of the molecule is CC(C)[C@@H](C)[C@@]1(C)C[C@@H]1[C@@H](C)[C@H]1CC[C@@H]([C@H]2C(=O)[C@@]3(C)CC[C@H](O)C[C@@]34O[C@H]4[C@@H]2O)[C@]1(C)CCO. The van der Waals surface area contributed by atoms with E-state index in [4.69, 9.17) is 4.74 Å². The quantitative estimate of drug-likeness (QED) is 0.454. The predicted molar refractivity (Wildman–Crippen MR) is 135 cm³/mol. The van der Waals surface area contributed by atoms with Gasteiger partial charge in [-0.2, -0.15) is 0 Å². The van der Waals surface area contributed by atoms with Crippen LogP contribution in [0.2, 0.25) is 0 Å². The standard InChI is InChI=1S/C30H50O5/c1-16(2)18(4)28(6)15-22(28)17(3)20-8-9-21(27(20,5)12-13-31)23-24(33)26-30(35-26)14-19(32)10-11-29(30,7)25(23)34/h16-24,26,31-33H,8-15H2,1-7H3/t17-,18+,19-,20+,21-,22+,23+,24+,26-,27+,28+,29+,30-/m0/s1. The molecular formula is C30H50O5. The van der Waals surface area contributed by atoms with E-state index in [9.17, 15) is 20.1 Å². The van der Waals surface area contributed by atoms with E-state index in [0.717, 1.165) is 12.8 Å². The number of hydrogen-bond donors (Lipinski definition) is 3. The van der Waals surface area contributed by atoms with Gasteiger partial charge in [-0.15, -0.1) is 0 Å². The van der Waals surface area contributed by atoms with Crippen LogP contribution in [-0.2, 0) is 9.53 Å². The first-order valence-corrected chi connectivity index (χ1v) is 14.5. The van der Waals surface area contributed by atoms with Gasteiger partial charge in [0.2, 0.25) is 0 Å². The monoisotopic (exact) mass is 490 g/mol. The zero-order chi connectivity index (χ0) is 25.7. The molecule has 35 heavy (non-hydrogen) atoms. The number of epoxide rings is 1. The summed E-state index contributed by atoms with van der Waals surface area (Å²) in [5.74, 6) is 2.78. The summed E-state index contributed by atoms with van der Waals surface area (Å²) in [5, 5.41) is 32.0. The van der Waals surface area contributed by atoms with Crippen LogP contribution in [0.15, 0.2) is 0 Å². The Bertz CT molecular complexity index is 858. The lowest BCUT2D eigenvalue weighted by molar-refractivity contribution is -0.154. The number of rotatable bonds is 7. The first kappa shape index (κ1) is 26.1. The Morgan fingerprint density at radius 3 is 2.31 bits per heavy atom. The third kappa shape index (κ3) is 3.43. The van der Waals surface area contributed by atoms with E-state index in [1.807, 2.05) is 6.92 Å². The summed E-state index contributed by atoms with van der Waals surface area (Å²) in [6, 6.07) is 0. The molecule has 5 rings (SSSR count). The van der Waals surface area contributed by atoms with Gasteiger partial charge in [0.15, 0.2) is 0 Å². The van der Waals surface area contributed by atoms with Crippen LogP contribution in [0.25, 0.3) is 0 Å². The first-order valence-electron chi connectivity index (χ1n) is 14.5. The van der Waals surface area contributed by atoms with E-state index in [-0.39, 0.29) is 29.8 Å². The van der Waals surface area contributed by atoms with Crippen molar-refractivity contribution in [2.75, 3.05) is 6.61 Å². The molecule has 0 unspecified atom stereocenters. The summed E-state index contributed by atoms with van der Waals surface area (Å²) in [5.41, 5.74) is -1.12. The Hall–Kier alpha value is -0.490. The Morgan fingerprint density at radius 2 is 1.69 bits per heavy atom. The lowest BCUT2D eigenvalue weighted by atomic mass is 9.51. The number of aliphatic hydroxyl groups excluding tert-OH is 3. The van der Waals surface area contributed by atoms with Crippen LogP contribution >= 0.6 is 0 Å². The van der Waals surface area contributed by atoms with Gasteiger partial charge in [-0.25, -0.2) is 0 Å². The highest BCUT2D eigenvalue weighted by atomic mass is 16.6. The molecule has 1 aliphatic heterocycles. The van der Waals surface area contributed by atoms with Crippen molar-refractivity contribution in [2.45, 2.75) is 117 Å². The Balaban J connectivity index is 1.42. The van der Waals surface area contributed by atoms with Crippen LogP contribution in [0.1, 0.15) is 93.4 Å². The molecule has 1 spiro atoms. The zero-order valence-corrected chi connectivity index (χ0v) is 23.1. The summed E-state index contributed by atoms with van der Waals surface area (Å²) in [6.07, 6.45) is 4.03. The number of ketones is 1. The van der Waals surface area contributed by atoms with Gasteiger partial charge >= 0.3 is 0 Å². The summed E-state index contributed by atoms with van der Waals surface area (Å²) < 4.78 is 6.16. The van der Waals surface area contributed by atoms with E-state index in [1.165, 1.54) is 6.42 Å². The number of ether oxygens (including phenoxy) is 1. The van der Waals surface area contributed by atoms with Gasteiger partial charge in [-0.1, -0.05) is 41.5 Å². The predicted octanol–water partition coefficient (Wildman–Crippen LogP) is 4.60. The largest absolute Gasteiger partial charge is 0.396 e. The topological polar surface area (TPSA) is 90.3 Å². The van der Waals surface area contributed by atoms with E-state index in [2.05, 4.69) is 41.5 Å². The second kappa shape index (κ2) is 8.25. The second-order valence-electron chi connectivity index (χ2n) is 14.5. The average Bonchev–Trinajstić information content (AvgIpc) is 3.66. The average molecular weight is 491 g/mol. The van der Waals surface area contributed by atoms with Crippen LogP contribution in [0.5, 0.6) is 0 Å². The minimum absolute atomic E-state index is 0.0583.